The second kappa shape index (κ2) is 16.3. The molecule has 1 aliphatic heterocycles. The van der Waals surface area contributed by atoms with E-state index in [1.165, 1.54) is 6.92 Å². The highest BCUT2D eigenvalue weighted by Gasteiger charge is 2.34. The van der Waals surface area contributed by atoms with E-state index in [4.69, 9.17) is 21.3 Å². The first-order valence-corrected chi connectivity index (χ1v) is 15.3. The molecule has 1 aromatic carbocycles. The molecule has 3 rings (SSSR count). The standard InChI is InChI=1S/C31H45N7O8/c1-4-17-8-7-9-19-15(2)26(46-27(17)19)25(41)24(31(44)45)38-21(40)10-5-6-12-36-29(42)20(37-30(43)22(32)16(3)39)14-18-11-13-35-23(18)28(33)34/h7-9,11,16,20,22-25,35,39,41H,4-6,10,12-14,32H2,1-3H3,(H3,33,34)(H,36,42)(H,37,43)(H,38,40)(H,44,45). The number of aryl methyl sites for hydroxylation is 2. The molecule has 1 aliphatic rings. The van der Waals surface area contributed by atoms with E-state index in [0.717, 1.165) is 10.9 Å². The van der Waals surface area contributed by atoms with Crippen molar-refractivity contribution in [2.75, 3.05) is 13.1 Å². The third kappa shape index (κ3) is 8.90. The van der Waals surface area contributed by atoms with Crippen LogP contribution >= 0.6 is 0 Å². The lowest BCUT2D eigenvalue weighted by Crippen LogP contribution is -2.55. The summed E-state index contributed by atoms with van der Waals surface area (Å²) in [5, 5.41) is 49.6. The number of aliphatic hydroxyl groups is 2. The summed E-state index contributed by atoms with van der Waals surface area (Å²) in [6, 6.07) is 1.02. The molecule has 2 heterocycles. The van der Waals surface area contributed by atoms with Gasteiger partial charge in [0, 0.05) is 30.5 Å². The number of amidine groups is 1. The molecule has 0 saturated carbocycles. The maximum atomic E-state index is 13.1. The van der Waals surface area contributed by atoms with Crippen molar-refractivity contribution in [3.8, 4) is 0 Å². The number of carbonyl (C=O) groups excluding carboxylic acids is 3. The summed E-state index contributed by atoms with van der Waals surface area (Å²) in [5.74, 6) is -3.35. The minimum absolute atomic E-state index is 0.0487. The van der Waals surface area contributed by atoms with E-state index in [1.807, 2.05) is 25.1 Å². The fraction of sp³-hybridized carbons (Fsp3) is 0.516. The molecule has 0 bridgehead atoms. The van der Waals surface area contributed by atoms with Crippen molar-refractivity contribution in [1.82, 2.24) is 21.3 Å². The third-order valence-corrected chi connectivity index (χ3v) is 8.02. The van der Waals surface area contributed by atoms with E-state index in [0.29, 0.717) is 36.1 Å². The minimum Gasteiger partial charge on any atom is -0.480 e. The number of hydrogen-bond acceptors (Lipinski definition) is 10. The van der Waals surface area contributed by atoms with Crippen molar-refractivity contribution in [1.29, 1.82) is 5.41 Å². The first-order chi connectivity index (χ1) is 21.8. The molecular formula is C31H45N7O8. The van der Waals surface area contributed by atoms with Gasteiger partial charge < -0.3 is 52.5 Å². The van der Waals surface area contributed by atoms with Crippen molar-refractivity contribution in [3.63, 3.8) is 0 Å². The van der Waals surface area contributed by atoms with Crippen LogP contribution in [0.3, 0.4) is 0 Å². The van der Waals surface area contributed by atoms with Crippen LogP contribution in [-0.4, -0.2) is 88.2 Å². The average molecular weight is 644 g/mol. The van der Waals surface area contributed by atoms with Crippen LogP contribution in [0.25, 0.3) is 11.0 Å². The van der Waals surface area contributed by atoms with E-state index >= 15 is 0 Å². The van der Waals surface area contributed by atoms with Crippen LogP contribution in [0.4, 0.5) is 0 Å². The van der Waals surface area contributed by atoms with Gasteiger partial charge in [-0.1, -0.05) is 31.2 Å². The Balaban J connectivity index is 1.55. The van der Waals surface area contributed by atoms with Gasteiger partial charge in [-0.3, -0.25) is 19.8 Å². The zero-order valence-corrected chi connectivity index (χ0v) is 26.3. The minimum atomic E-state index is -1.65. The van der Waals surface area contributed by atoms with Gasteiger partial charge in [0.2, 0.25) is 17.7 Å². The molecule has 3 amide bonds. The van der Waals surface area contributed by atoms with Gasteiger partial charge in [-0.05, 0) is 50.7 Å². The van der Waals surface area contributed by atoms with Crippen LogP contribution in [0.1, 0.15) is 62.5 Å². The predicted octanol–water partition coefficient (Wildman–Crippen LogP) is -0.390. The maximum absolute atomic E-state index is 13.1. The lowest BCUT2D eigenvalue weighted by molar-refractivity contribution is -0.145. The number of benzene rings is 1. The highest BCUT2D eigenvalue weighted by Crippen LogP contribution is 2.33. The monoisotopic (exact) mass is 643 g/mol. The SMILES string of the molecule is CCc1cccc2c(C)c(C(O)C(NC(=O)CCCCNC(=O)C(CC3=CCNC3C(=N)N)NC(=O)C(N)C(C)O)C(=O)O)oc12. The number of para-hydroxylation sites is 1. The molecule has 12 N–H and O–H groups in total. The number of nitrogens with one attached hydrogen (secondary N) is 5. The summed E-state index contributed by atoms with van der Waals surface area (Å²) in [6.07, 6.45) is 0.290. The van der Waals surface area contributed by atoms with Crippen LogP contribution in [0, 0.1) is 12.3 Å². The quantitative estimate of drug-likeness (QED) is 0.0459. The second-order valence-electron chi connectivity index (χ2n) is 11.4. The summed E-state index contributed by atoms with van der Waals surface area (Å²) >= 11 is 0. The van der Waals surface area contributed by atoms with Crippen LogP contribution in [0.2, 0.25) is 0 Å². The molecule has 46 heavy (non-hydrogen) atoms. The van der Waals surface area contributed by atoms with Crippen molar-refractivity contribution in [2.24, 2.45) is 11.5 Å². The molecule has 15 nitrogen and oxygen atoms in total. The number of fused-ring (bicyclic) bond motifs is 1. The highest BCUT2D eigenvalue weighted by atomic mass is 16.4. The number of carbonyl (C=O) groups is 4. The predicted molar refractivity (Wildman–Crippen MR) is 170 cm³/mol. The molecule has 0 saturated heterocycles. The molecule has 0 aliphatic carbocycles. The molecule has 15 heteroatoms. The van der Waals surface area contributed by atoms with E-state index < -0.39 is 60.1 Å². The van der Waals surface area contributed by atoms with Crippen LogP contribution in [0.5, 0.6) is 0 Å². The summed E-state index contributed by atoms with van der Waals surface area (Å²) < 4.78 is 5.88. The Hall–Kier alpha value is -4.31. The molecule has 0 spiro atoms. The molecule has 0 fully saturated rings. The molecular weight excluding hydrogens is 598 g/mol. The number of furan rings is 1. The maximum Gasteiger partial charge on any atom is 0.329 e. The van der Waals surface area contributed by atoms with Crippen molar-refractivity contribution in [3.05, 3.63) is 46.7 Å². The van der Waals surface area contributed by atoms with Gasteiger partial charge in [-0.2, -0.15) is 0 Å². The highest BCUT2D eigenvalue weighted by molar-refractivity contribution is 5.91. The topological polar surface area (TPSA) is 266 Å². The van der Waals surface area contributed by atoms with Gasteiger partial charge in [0.15, 0.2) is 6.04 Å². The first-order valence-electron chi connectivity index (χ1n) is 15.3. The van der Waals surface area contributed by atoms with Gasteiger partial charge in [-0.25, -0.2) is 4.79 Å². The Morgan fingerprint density at radius 1 is 1.15 bits per heavy atom. The van der Waals surface area contributed by atoms with Crippen LogP contribution in [0.15, 0.2) is 34.3 Å². The third-order valence-electron chi connectivity index (χ3n) is 8.02. The van der Waals surface area contributed by atoms with Crippen LogP contribution in [-0.2, 0) is 25.6 Å². The van der Waals surface area contributed by atoms with Gasteiger partial charge in [0.05, 0.1) is 12.1 Å². The van der Waals surface area contributed by atoms with Gasteiger partial charge >= 0.3 is 5.97 Å². The van der Waals surface area contributed by atoms with Crippen molar-refractivity contribution in [2.45, 2.75) is 89.3 Å². The number of nitrogens with two attached hydrogens (primary N) is 2. The van der Waals surface area contributed by atoms with Crippen molar-refractivity contribution >= 4 is 40.5 Å². The Morgan fingerprint density at radius 2 is 1.87 bits per heavy atom. The number of carboxylic acids is 1. The molecule has 2 aromatic rings. The van der Waals surface area contributed by atoms with Gasteiger partial charge in [0.25, 0.3) is 0 Å². The molecule has 6 unspecified atom stereocenters. The lowest BCUT2D eigenvalue weighted by Gasteiger charge is -2.24. The number of amides is 3. The second-order valence-corrected chi connectivity index (χ2v) is 11.4. The Bertz CT molecular complexity index is 1470. The van der Waals surface area contributed by atoms with Crippen molar-refractivity contribution < 1.29 is 38.9 Å². The van der Waals surface area contributed by atoms with Crippen LogP contribution < -0.4 is 32.7 Å². The smallest absolute Gasteiger partial charge is 0.329 e. The fourth-order valence-electron chi connectivity index (χ4n) is 5.30. The Labute approximate surface area is 266 Å². The molecule has 1 aromatic heterocycles. The summed E-state index contributed by atoms with van der Waals surface area (Å²) in [6.45, 7) is 5.61. The zero-order valence-electron chi connectivity index (χ0n) is 26.3. The number of carboxylic acid groups (broad SMARTS) is 1. The Kier molecular flexibility index (Phi) is 12.8. The van der Waals surface area contributed by atoms with E-state index in [1.54, 1.807) is 13.0 Å². The number of rotatable bonds is 17. The molecule has 6 atom stereocenters. The molecule has 0 radical (unpaired) electrons. The normalized spacial score (nSPS) is 17.8. The summed E-state index contributed by atoms with van der Waals surface area (Å²) in [4.78, 5) is 50.2. The molecule has 252 valence electrons. The summed E-state index contributed by atoms with van der Waals surface area (Å²) in [5.41, 5.74) is 14.1. The van der Waals surface area contributed by atoms with E-state index in [2.05, 4.69) is 21.3 Å². The fourth-order valence-corrected chi connectivity index (χ4v) is 5.30. The summed E-state index contributed by atoms with van der Waals surface area (Å²) in [7, 11) is 0. The number of aliphatic carboxylic acids is 1. The number of aliphatic hydroxyl groups excluding tert-OH is 2. The number of unbranched alkanes of at least 4 members (excludes halogenated alkanes) is 1. The lowest BCUT2D eigenvalue weighted by atomic mass is 9.99. The average Bonchev–Trinajstić information content (AvgIpc) is 3.62. The first kappa shape index (κ1) is 36.2. The van der Waals surface area contributed by atoms with E-state index in [9.17, 15) is 34.5 Å². The zero-order chi connectivity index (χ0) is 34.1. The van der Waals surface area contributed by atoms with Gasteiger partial charge in [-0.15, -0.1) is 0 Å². The number of hydrogen-bond donors (Lipinski definition) is 10. The largest absolute Gasteiger partial charge is 0.480 e. The Morgan fingerprint density at radius 3 is 2.50 bits per heavy atom. The van der Waals surface area contributed by atoms with E-state index in [-0.39, 0.29) is 37.4 Å². The van der Waals surface area contributed by atoms with Gasteiger partial charge in [0.1, 0.15) is 35.4 Å².